The molecule has 6 unspecified atom stereocenters. The molecule has 0 bridgehead atoms. The van der Waals surface area contributed by atoms with Gasteiger partial charge in [-0.05, 0) is 6.92 Å². The molecule has 0 saturated carbocycles. The second-order valence-electron chi connectivity index (χ2n) is 5.08. The molecular formula is C13H24NO7+. The van der Waals surface area contributed by atoms with Gasteiger partial charge in [0, 0.05) is 12.8 Å². The Morgan fingerprint density at radius 1 is 1.48 bits per heavy atom. The number of rotatable bonds is 9. The lowest BCUT2D eigenvalue weighted by Gasteiger charge is -2.35. The fraction of sp³-hybridized carbons (Fsp3) is 0.923. The molecular weight excluding hydrogens is 282 g/mol. The molecule has 21 heavy (non-hydrogen) atoms. The molecule has 1 heterocycles. The first-order valence-corrected chi connectivity index (χ1v) is 6.99. The third kappa shape index (κ3) is 5.85. The highest BCUT2D eigenvalue weighted by Crippen LogP contribution is 2.23. The molecule has 6 atom stereocenters. The molecule has 0 aromatic heterocycles. The summed E-state index contributed by atoms with van der Waals surface area (Å²) in [6, 6.07) is -0.820. The van der Waals surface area contributed by atoms with E-state index in [1.807, 2.05) is 0 Å². The second-order valence-corrected chi connectivity index (χ2v) is 5.08. The summed E-state index contributed by atoms with van der Waals surface area (Å²) in [5, 5.41) is 31.2. The molecule has 1 saturated heterocycles. The van der Waals surface area contributed by atoms with Crippen LogP contribution in [0.3, 0.4) is 0 Å². The standard InChI is InChI=1S/C13H24NO7/c1-3-19-12(16)4-8(2)20-7-9-5-10(14-18)13(17)11(6-15)21-9/h8-13,15-17H,1,3-7H2,2H3/q+1. The van der Waals surface area contributed by atoms with Crippen molar-refractivity contribution in [3.63, 3.8) is 0 Å². The third-order valence-corrected chi connectivity index (χ3v) is 3.37. The predicted octanol–water partition coefficient (Wildman–Crippen LogP) is -0.404. The summed E-state index contributed by atoms with van der Waals surface area (Å²) in [6.45, 7) is 5.18. The van der Waals surface area contributed by atoms with Crippen LogP contribution in [0, 0.1) is 11.8 Å². The maximum Gasteiger partial charge on any atom is 0.187 e. The average Bonchev–Trinajstić information content (AvgIpc) is 2.46. The van der Waals surface area contributed by atoms with E-state index in [-0.39, 0.29) is 32.2 Å². The van der Waals surface area contributed by atoms with E-state index >= 15 is 0 Å². The van der Waals surface area contributed by atoms with Crippen molar-refractivity contribution in [1.82, 2.24) is 0 Å². The van der Waals surface area contributed by atoms with Gasteiger partial charge < -0.3 is 29.5 Å². The van der Waals surface area contributed by atoms with E-state index in [4.69, 9.17) is 19.3 Å². The zero-order chi connectivity index (χ0) is 15.8. The summed E-state index contributed by atoms with van der Waals surface area (Å²) in [6.07, 6.45) is -3.10. The first-order chi connectivity index (χ1) is 10.0. The Labute approximate surface area is 124 Å². The zero-order valence-electron chi connectivity index (χ0n) is 12.1. The Balaban J connectivity index is 2.38. The molecule has 0 spiro atoms. The van der Waals surface area contributed by atoms with E-state index in [1.54, 1.807) is 6.92 Å². The van der Waals surface area contributed by atoms with Crippen LogP contribution in [0.4, 0.5) is 0 Å². The van der Waals surface area contributed by atoms with E-state index in [2.05, 4.69) is 12.1 Å². The lowest BCUT2D eigenvalue weighted by atomic mass is 9.96. The molecule has 122 valence electrons. The average molecular weight is 306 g/mol. The number of ether oxygens (including phenoxy) is 3. The highest BCUT2D eigenvalue weighted by atomic mass is 16.6. The van der Waals surface area contributed by atoms with E-state index in [1.165, 1.54) is 0 Å². The van der Waals surface area contributed by atoms with Crippen molar-refractivity contribution in [1.29, 1.82) is 0 Å². The summed E-state index contributed by atoms with van der Waals surface area (Å²) >= 11 is 0. The van der Waals surface area contributed by atoms with Crippen LogP contribution in [0.5, 0.6) is 0 Å². The van der Waals surface area contributed by atoms with Gasteiger partial charge >= 0.3 is 0 Å². The van der Waals surface area contributed by atoms with Gasteiger partial charge in [0.2, 0.25) is 0 Å². The van der Waals surface area contributed by atoms with Crippen molar-refractivity contribution >= 4 is 0 Å². The van der Waals surface area contributed by atoms with Crippen LogP contribution < -0.4 is 0 Å². The predicted molar refractivity (Wildman–Crippen MR) is 73.3 cm³/mol. The van der Waals surface area contributed by atoms with Crippen LogP contribution in [0.25, 0.3) is 0 Å². The highest BCUT2D eigenvalue weighted by Gasteiger charge is 2.38. The molecule has 1 aliphatic rings. The second kappa shape index (κ2) is 9.29. The molecule has 8 heteroatoms. The quantitative estimate of drug-likeness (QED) is 0.301. The van der Waals surface area contributed by atoms with Crippen LogP contribution in [0.15, 0.2) is 5.18 Å². The van der Waals surface area contributed by atoms with Crippen LogP contribution in [0.2, 0.25) is 0 Å². The summed E-state index contributed by atoms with van der Waals surface area (Å²) in [5.41, 5.74) is 0. The van der Waals surface area contributed by atoms with E-state index in [9.17, 15) is 15.1 Å². The van der Waals surface area contributed by atoms with Crippen molar-refractivity contribution in [3.8, 4) is 0 Å². The summed E-state index contributed by atoms with van der Waals surface area (Å²) in [5.74, 6) is 0. The first-order valence-electron chi connectivity index (χ1n) is 6.99. The maximum absolute atomic E-state index is 10.7. The van der Waals surface area contributed by atoms with Gasteiger partial charge in [-0.2, -0.15) is 4.91 Å². The fourth-order valence-electron chi connectivity index (χ4n) is 2.23. The van der Waals surface area contributed by atoms with E-state index < -0.39 is 37.3 Å². The minimum Gasteiger partial charge on any atom is -0.394 e. The SMILES string of the molecule is [CH2+]COC(O)CC(C)OCC1CC(N=O)C(O)C(CO)O1. The van der Waals surface area contributed by atoms with Gasteiger partial charge in [0.1, 0.15) is 18.2 Å². The van der Waals surface area contributed by atoms with Gasteiger partial charge in [-0.15, -0.1) is 0 Å². The molecule has 3 N–H and O–H groups in total. The Bertz CT molecular complexity index is 304. The largest absolute Gasteiger partial charge is 0.394 e. The Kier molecular flexibility index (Phi) is 8.09. The molecule has 0 aromatic rings. The smallest absolute Gasteiger partial charge is 0.187 e. The van der Waals surface area contributed by atoms with Gasteiger partial charge in [0.25, 0.3) is 0 Å². The van der Waals surface area contributed by atoms with Crippen molar-refractivity contribution in [2.75, 3.05) is 19.8 Å². The topological polar surface area (TPSA) is 118 Å². The maximum atomic E-state index is 10.7. The van der Waals surface area contributed by atoms with Crippen LogP contribution in [0.1, 0.15) is 19.8 Å². The van der Waals surface area contributed by atoms with Gasteiger partial charge in [-0.3, -0.25) is 0 Å². The summed E-state index contributed by atoms with van der Waals surface area (Å²) < 4.78 is 15.9. The van der Waals surface area contributed by atoms with Gasteiger partial charge in [0.05, 0.1) is 32.3 Å². The Morgan fingerprint density at radius 3 is 2.76 bits per heavy atom. The number of aliphatic hydroxyl groups is 3. The number of hydrogen-bond acceptors (Lipinski definition) is 8. The number of aliphatic hydroxyl groups excluding tert-OH is 3. The van der Waals surface area contributed by atoms with Crippen LogP contribution >= 0.6 is 0 Å². The van der Waals surface area contributed by atoms with Crippen molar-refractivity contribution in [2.24, 2.45) is 5.18 Å². The molecule has 0 amide bonds. The molecule has 0 radical (unpaired) electrons. The Morgan fingerprint density at radius 2 is 2.19 bits per heavy atom. The normalized spacial score (nSPS) is 32.6. The minimum atomic E-state index is -1.10. The first kappa shape index (κ1) is 18.3. The molecule has 0 aromatic carbocycles. The molecule has 1 rings (SSSR count). The summed E-state index contributed by atoms with van der Waals surface area (Å²) in [4.78, 5) is 10.7. The van der Waals surface area contributed by atoms with Crippen LogP contribution in [-0.4, -0.2) is 71.9 Å². The van der Waals surface area contributed by atoms with Crippen LogP contribution in [-0.2, 0) is 14.2 Å². The van der Waals surface area contributed by atoms with Crippen molar-refractivity contribution in [2.45, 2.75) is 56.5 Å². The molecule has 1 fully saturated rings. The van der Waals surface area contributed by atoms with E-state index in [0.717, 1.165) is 0 Å². The van der Waals surface area contributed by atoms with Gasteiger partial charge in [-0.1, -0.05) is 5.18 Å². The van der Waals surface area contributed by atoms with Crippen molar-refractivity contribution in [3.05, 3.63) is 11.8 Å². The summed E-state index contributed by atoms with van der Waals surface area (Å²) in [7, 11) is 0. The van der Waals surface area contributed by atoms with Gasteiger partial charge in [-0.25, -0.2) is 0 Å². The number of nitroso groups, excluding NO2 is 1. The molecule has 8 nitrogen and oxygen atoms in total. The zero-order valence-corrected chi connectivity index (χ0v) is 12.1. The number of nitrogens with zero attached hydrogens (tertiary/aromatic N) is 1. The molecule has 1 aliphatic heterocycles. The van der Waals surface area contributed by atoms with Crippen molar-refractivity contribution < 1.29 is 29.5 Å². The third-order valence-electron chi connectivity index (χ3n) is 3.37. The number of hydrogen-bond donors (Lipinski definition) is 3. The van der Waals surface area contributed by atoms with E-state index in [0.29, 0.717) is 0 Å². The lowest BCUT2D eigenvalue weighted by Crippen LogP contribution is -2.50. The highest BCUT2D eigenvalue weighted by molar-refractivity contribution is 4.89. The fourth-order valence-corrected chi connectivity index (χ4v) is 2.23. The molecule has 0 aliphatic carbocycles. The Hall–Kier alpha value is -0.770. The minimum absolute atomic E-state index is 0.169. The van der Waals surface area contributed by atoms with Gasteiger partial charge in [0.15, 0.2) is 12.9 Å². The lowest BCUT2D eigenvalue weighted by molar-refractivity contribution is -0.169. The monoisotopic (exact) mass is 306 g/mol.